The fourth-order valence-corrected chi connectivity index (χ4v) is 5.40. The van der Waals surface area contributed by atoms with Gasteiger partial charge in [0, 0.05) is 27.6 Å². The Morgan fingerprint density at radius 1 is 0.971 bits per heavy atom. The summed E-state index contributed by atoms with van der Waals surface area (Å²) in [4.78, 5) is 55.7. The monoisotopic (exact) mass is 488 g/mol. The zero-order valence-electron chi connectivity index (χ0n) is 17.8. The van der Waals surface area contributed by atoms with Crippen molar-refractivity contribution >= 4 is 51.8 Å². The van der Waals surface area contributed by atoms with Crippen molar-refractivity contribution in [2.24, 2.45) is 0 Å². The number of thiazole rings is 1. The molecule has 0 unspecified atom stereocenters. The largest absolute Gasteiger partial charge is 0.451 e. The van der Waals surface area contributed by atoms with Crippen molar-refractivity contribution in [2.75, 3.05) is 11.9 Å². The van der Waals surface area contributed by atoms with Crippen molar-refractivity contribution in [3.05, 3.63) is 92.1 Å². The van der Waals surface area contributed by atoms with Crippen molar-refractivity contribution in [1.82, 2.24) is 4.98 Å². The van der Waals surface area contributed by atoms with E-state index in [1.807, 2.05) is 16.8 Å². The molecule has 7 nitrogen and oxygen atoms in total. The van der Waals surface area contributed by atoms with Crippen LogP contribution in [0.25, 0.3) is 10.6 Å². The number of rotatable bonds is 5. The lowest BCUT2D eigenvalue weighted by atomic mass is 9.83. The maximum atomic E-state index is 13.1. The number of benzene rings is 2. The Kier molecular flexibility index (Phi) is 5.64. The molecule has 0 saturated heterocycles. The van der Waals surface area contributed by atoms with Crippen LogP contribution >= 0.6 is 22.7 Å². The van der Waals surface area contributed by atoms with Crippen LogP contribution in [0.3, 0.4) is 0 Å². The summed E-state index contributed by atoms with van der Waals surface area (Å²) in [7, 11) is 0. The molecular weight excluding hydrogens is 472 g/mol. The third kappa shape index (κ3) is 3.85. The van der Waals surface area contributed by atoms with Crippen LogP contribution in [0.15, 0.2) is 59.3 Å². The molecule has 1 N–H and O–H groups in total. The van der Waals surface area contributed by atoms with E-state index in [0.29, 0.717) is 21.1 Å². The van der Waals surface area contributed by atoms with Gasteiger partial charge in [0.2, 0.25) is 0 Å². The van der Waals surface area contributed by atoms with Crippen LogP contribution in [0, 0.1) is 6.92 Å². The molecule has 0 atom stereocenters. The number of amides is 1. The molecule has 2 heterocycles. The fourth-order valence-electron chi connectivity index (χ4n) is 3.73. The van der Waals surface area contributed by atoms with Crippen molar-refractivity contribution in [1.29, 1.82) is 0 Å². The van der Waals surface area contributed by atoms with Crippen LogP contribution in [-0.2, 0) is 9.53 Å². The highest BCUT2D eigenvalue weighted by atomic mass is 32.1. The summed E-state index contributed by atoms with van der Waals surface area (Å²) < 4.78 is 5.19. The predicted molar refractivity (Wildman–Crippen MR) is 129 cm³/mol. The number of aryl methyl sites for hydroxylation is 1. The first kappa shape index (κ1) is 21.9. The van der Waals surface area contributed by atoms with E-state index >= 15 is 0 Å². The maximum absolute atomic E-state index is 13.1. The topological polar surface area (TPSA) is 102 Å². The smallest absolute Gasteiger partial charge is 0.350 e. The van der Waals surface area contributed by atoms with Crippen molar-refractivity contribution in [3.63, 3.8) is 0 Å². The molecule has 4 aromatic rings. The highest BCUT2D eigenvalue weighted by Crippen LogP contribution is 2.32. The van der Waals surface area contributed by atoms with E-state index in [9.17, 15) is 19.2 Å². The molecule has 0 spiro atoms. The van der Waals surface area contributed by atoms with E-state index in [1.54, 1.807) is 43.3 Å². The standard InChI is InChI=1S/C25H16N2O5S2/c1-13-23(34-24(26-13)14-9-10-33-12-14)25(31)32-11-19(28)27-18-8-4-7-17-20(18)22(30)16-6-3-2-5-15(16)21(17)29/h2-10,12H,11H2,1H3,(H,27,28). The molecule has 1 aliphatic carbocycles. The van der Waals surface area contributed by atoms with Gasteiger partial charge in [-0.1, -0.05) is 36.4 Å². The number of nitrogens with one attached hydrogen (secondary N) is 1. The molecule has 0 bridgehead atoms. The van der Waals surface area contributed by atoms with Gasteiger partial charge >= 0.3 is 5.97 Å². The Bertz CT molecular complexity index is 1470. The van der Waals surface area contributed by atoms with Crippen molar-refractivity contribution in [2.45, 2.75) is 6.92 Å². The highest BCUT2D eigenvalue weighted by Gasteiger charge is 2.31. The number of carbonyl (C=O) groups is 4. The second-order valence-electron chi connectivity index (χ2n) is 7.50. The van der Waals surface area contributed by atoms with Gasteiger partial charge in [-0.2, -0.15) is 11.3 Å². The lowest BCUT2D eigenvalue weighted by Crippen LogP contribution is -2.26. The summed E-state index contributed by atoms with van der Waals surface area (Å²) in [5.74, 6) is -1.91. The van der Waals surface area contributed by atoms with Gasteiger partial charge in [-0.3, -0.25) is 14.4 Å². The van der Waals surface area contributed by atoms with Crippen LogP contribution in [0.2, 0.25) is 0 Å². The first-order valence-corrected chi connectivity index (χ1v) is 12.0. The number of hydrogen-bond acceptors (Lipinski definition) is 8. The van der Waals surface area contributed by atoms with E-state index in [0.717, 1.165) is 5.56 Å². The SMILES string of the molecule is Cc1nc(-c2ccsc2)sc1C(=O)OCC(=O)Nc1cccc2c1C(=O)c1ccccc1C2=O. The highest BCUT2D eigenvalue weighted by molar-refractivity contribution is 7.17. The number of fused-ring (bicyclic) bond motifs is 2. The summed E-state index contributed by atoms with van der Waals surface area (Å²) in [6.45, 7) is 1.16. The molecule has 1 aliphatic rings. The average Bonchev–Trinajstić information content (AvgIpc) is 3.51. The summed E-state index contributed by atoms with van der Waals surface area (Å²) in [5.41, 5.74) is 2.61. The number of hydrogen-bond donors (Lipinski definition) is 1. The minimum Gasteiger partial charge on any atom is -0.451 e. The number of aromatic nitrogens is 1. The van der Waals surface area contributed by atoms with Gasteiger partial charge in [0.1, 0.15) is 9.88 Å². The summed E-state index contributed by atoms with van der Waals surface area (Å²) in [5, 5.41) is 7.16. The van der Waals surface area contributed by atoms with Gasteiger partial charge in [-0.25, -0.2) is 9.78 Å². The average molecular weight is 489 g/mol. The van der Waals surface area contributed by atoms with Crippen LogP contribution in [0.1, 0.15) is 47.2 Å². The minimum absolute atomic E-state index is 0.129. The van der Waals surface area contributed by atoms with Gasteiger partial charge in [-0.15, -0.1) is 11.3 Å². The quantitative estimate of drug-likeness (QED) is 0.358. The molecule has 2 aromatic carbocycles. The lowest BCUT2D eigenvalue weighted by molar-refractivity contribution is -0.119. The molecule has 34 heavy (non-hydrogen) atoms. The van der Waals surface area contributed by atoms with Gasteiger partial charge in [-0.05, 0) is 24.4 Å². The Labute approximate surface area is 202 Å². The normalized spacial score (nSPS) is 12.1. The first-order chi connectivity index (χ1) is 16.4. The van der Waals surface area contributed by atoms with Crippen LogP contribution < -0.4 is 5.32 Å². The summed E-state index contributed by atoms with van der Waals surface area (Å²) >= 11 is 2.73. The van der Waals surface area contributed by atoms with Crippen molar-refractivity contribution < 1.29 is 23.9 Å². The third-order valence-electron chi connectivity index (χ3n) is 5.31. The van der Waals surface area contributed by atoms with E-state index in [1.165, 1.54) is 28.7 Å². The molecule has 5 rings (SSSR count). The lowest BCUT2D eigenvalue weighted by Gasteiger charge is -2.20. The molecule has 0 fully saturated rings. The molecule has 168 valence electrons. The molecular formula is C25H16N2O5S2. The Morgan fingerprint density at radius 3 is 2.44 bits per heavy atom. The predicted octanol–water partition coefficient (Wildman–Crippen LogP) is 4.75. The van der Waals surface area contributed by atoms with Crippen LogP contribution in [0.5, 0.6) is 0 Å². The number of anilines is 1. The molecule has 0 aliphatic heterocycles. The molecule has 0 radical (unpaired) electrons. The number of nitrogens with zero attached hydrogens (tertiary/aromatic N) is 1. The Hall–Kier alpha value is -3.95. The fraction of sp³-hybridized carbons (Fsp3) is 0.0800. The Morgan fingerprint density at radius 2 is 1.71 bits per heavy atom. The third-order valence-corrected chi connectivity index (χ3v) is 7.18. The van der Waals surface area contributed by atoms with Gasteiger partial charge in [0.05, 0.1) is 16.9 Å². The van der Waals surface area contributed by atoms with E-state index in [2.05, 4.69) is 10.3 Å². The van der Waals surface area contributed by atoms with Crippen LogP contribution in [0.4, 0.5) is 5.69 Å². The van der Waals surface area contributed by atoms with E-state index in [-0.39, 0.29) is 33.9 Å². The number of thiophene rings is 1. The first-order valence-electron chi connectivity index (χ1n) is 10.2. The van der Waals surface area contributed by atoms with Gasteiger partial charge < -0.3 is 10.1 Å². The number of esters is 1. The van der Waals surface area contributed by atoms with Gasteiger partial charge in [0.15, 0.2) is 18.2 Å². The second kappa shape index (κ2) is 8.77. The summed E-state index contributed by atoms with van der Waals surface area (Å²) in [6.07, 6.45) is 0. The zero-order chi connectivity index (χ0) is 23.8. The number of carbonyl (C=O) groups excluding carboxylic acids is 4. The van der Waals surface area contributed by atoms with E-state index in [4.69, 9.17) is 4.74 Å². The Balaban J connectivity index is 1.31. The maximum Gasteiger partial charge on any atom is 0.350 e. The molecule has 9 heteroatoms. The molecule has 1 amide bonds. The summed E-state index contributed by atoms with van der Waals surface area (Å²) in [6, 6.07) is 13.2. The molecule has 0 saturated carbocycles. The van der Waals surface area contributed by atoms with Crippen LogP contribution in [-0.4, -0.2) is 35.0 Å². The molecule has 2 aromatic heterocycles. The van der Waals surface area contributed by atoms with E-state index < -0.39 is 18.5 Å². The van der Waals surface area contributed by atoms with Gasteiger partial charge in [0.25, 0.3) is 5.91 Å². The second-order valence-corrected chi connectivity index (χ2v) is 9.28. The number of ketones is 2. The minimum atomic E-state index is -0.651. The number of ether oxygens (including phenoxy) is 1. The van der Waals surface area contributed by atoms with Crippen molar-refractivity contribution in [3.8, 4) is 10.6 Å². The zero-order valence-corrected chi connectivity index (χ0v) is 19.4.